The Hall–Kier alpha value is -2.38. The van der Waals surface area contributed by atoms with Gasteiger partial charge in [-0.3, -0.25) is 9.69 Å². The van der Waals surface area contributed by atoms with E-state index in [-0.39, 0.29) is 36.0 Å². The molecule has 7 heteroatoms. The Balaban J connectivity index is 1.61. The third-order valence-corrected chi connectivity index (χ3v) is 7.57. The maximum absolute atomic E-state index is 13.1. The average molecular weight is 415 g/mol. The smallest absolute Gasteiger partial charge is 0.241 e. The van der Waals surface area contributed by atoms with E-state index in [2.05, 4.69) is 6.92 Å². The molecule has 2 aliphatic heterocycles. The van der Waals surface area contributed by atoms with E-state index in [4.69, 9.17) is 4.74 Å². The van der Waals surface area contributed by atoms with Crippen molar-refractivity contribution in [3.63, 3.8) is 0 Å². The zero-order chi connectivity index (χ0) is 20.6. The zero-order valence-electron chi connectivity index (χ0n) is 16.7. The molecule has 6 nitrogen and oxygen atoms in total. The summed E-state index contributed by atoms with van der Waals surface area (Å²) in [6, 6.07) is 15.0. The molecule has 0 aromatic heterocycles. The van der Waals surface area contributed by atoms with Crippen molar-refractivity contribution in [3.05, 3.63) is 59.7 Å². The van der Waals surface area contributed by atoms with Gasteiger partial charge in [0.2, 0.25) is 5.91 Å². The molecule has 0 aliphatic carbocycles. The molecule has 2 aliphatic rings. The second-order valence-electron chi connectivity index (χ2n) is 7.75. The van der Waals surface area contributed by atoms with Gasteiger partial charge in [0.15, 0.2) is 9.84 Å². The topological polar surface area (TPSA) is 66.9 Å². The number of hydrogen-bond acceptors (Lipinski definition) is 5. The Morgan fingerprint density at radius 2 is 1.59 bits per heavy atom. The molecule has 29 heavy (non-hydrogen) atoms. The number of ether oxygens (including phenoxy) is 1. The number of anilines is 1. The second kappa shape index (κ2) is 7.80. The van der Waals surface area contributed by atoms with E-state index >= 15 is 0 Å². The molecule has 2 fully saturated rings. The van der Waals surface area contributed by atoms with Gasteiger partial charge in [0.1, 0.15) is 5.75 Å². The van der Waals surface area contributed by atoms with Crippen molar-refractivity contribution in [1.82, 2.24) is 4.90 Å². The quantitative estimate of drug-likeness (QED) is 0.751. The first-order chi connectivity index (χ1) is 13.9. The summed E-state index contributed by atoms with van der Waals surface area (Å²) in [7, 11) is -1.58. The lowest BCUT2D eigenvalue weighted by molar-refractivity contribution is -0.123. The summed E-state index contributed by atoms with van der Waals surface area (Å²) in [6.45, 7) is 2.82. The summed E-state index contributed by atoms with van der Waals surface area (Å²) in [4.78, 5) is 16.8. The maximum atomic E-state index is 13.1. The van der Waals surface area contributed by atoms with E-state index in [9.17, 15) is 13.2 Å². The Morgan fingerprint density at radius 3 is 2.21 bits per heavy atom. The minimum Gasteiger partial charge on any atom is -0.497 e. The summed E-state index contributed by atoms with van der Waals surface area (Å²) >= 11 is 0. The SMILES string of the molecule is CCc1ccc(N2C(=O)CN(Cc3ccc(OC)cc3)C3CS(=O)(=O)CC32)cc1. The number of piperazine rings is 1. The Kier molecular flexibility index (Phi) is 5.36. The number of nitrogens with zero attached hydrogens (tertiary/aromatic N) is 2. The molecule has 0 radical (unpaired) electrons. The van der Waals surface area contributed by atoms with Crippen molar-refractivity contribution in [2.24, 2.45) is 0 Å². The van der Waals surface area contributed by atoms with Gasteiger partial charge in [0, 0.05) is 18.3 Å². The highest BCUT2D eigenvalue weighted by Gasteiger charge is 2.49. The fourth-order valence-electron chi connectivity index (χ4n) is 4.32. The third kappa shape index (κ3) is 4.02. The van der Waals surface area contributed by atoms with Crippen molar-refractivity contribution >= 4 is 21.4 Å². The largest absolute Gasteiger partial charge is 0.497 e. The first kappa shape index (κ1) is 19.9. The van der Waals surface area contributed by atoms with Gasteiger partial charge in [0.05, 0.1) is 31.2 Å². The number of fused-ring (bicyclic) bond motifs is 1. The maximum Gasteiger partial charge on any atom is 0.241 e. The van der Waals surface area contributed by atoms with Crippen molar-refractivity contribution in [2.45, 2.75) is 32.0 Å². The molecule has 2 unspecified atom stereocenters. The van der Waals surface area contributed by atoms with Crippen LogP contribution in [0.3, 0.4) is 0 Å². The molecule has 1 amide bonds. The van der Waals surface area contributed by atoms with Crippen LogP contribution in [0.25, 0.3) is 0 Å². The van der Waals surface area contributed by atoms with E-state index in [1.807, 2.05) is 53.4 Å². The number of carbonyl (C=O) groups excluding carboxylic acids is 1. The predicted molar refractivity (Wildman–Crippen MR) is 113 cm³/mol. The van der Waals surface area contributed by atoms with Crippen LogP contribution in [0, 0.1) is 0 Å². The summed E-state index contributed by atoms with van der Waals surface area (Å²) < 4.78 is 30.2. The summed E-state index contributed by atoms with van der Waals surface area (Å²) in [5.41, 5.74) is 3.00. The first-order valence-corrected chi connectivity index (χ1v) is 11.7. The van der Waals surface area contributed by atoms with Crippen LogP contribution >= 0.6 is 0 Å². The minimum atomic E-state index is -3.20. The van der Waals surface area contributed by atoms with Crippen molar-refractivity contribution in [3.8, 4) is 5.75 Å². The number of carbonyl (C=O) groups is 1. The molecule has 2 aromatic carbocycles. The van der Waals surface area contributed by atoms with Crippen LogP contribution in [0.2, 0.25) is 0 Å². The minimum absolute atomic E-state index is 0.0120. The average Bonchev–Trinajstić information content (AvgIpc) is 3.04. The summed E-state index contributed by atoms with van der Waals surface area (Å²) in [5, 5.41) is 0. The van der Waals surface area contributed by atoms with Gasteiger partial charge in [0.25, 0.3) is 0 Å². The summed E-state index contributed by atoms with van der Waals surface area (Å²) in [5.74, 6) is 0.815. The van der Waals surface area contributed by atoms with Gasteiger partial charge in [-0.1, -0.05) is 31.2 Å². The van der Waals surface area contributed by atoms with Gasteiger partial charge in [-0.2, -0.15) is 0 Å². The molecule has 0 bridgehead atoms. The number of methoxy groups -OCH3 is 1. The standard InChI is InChI=1S/C22H26N2O4S/c1-3-16-4-8-18(9-5-16)24-21-15-29(26,27)14-20(21)23(13-22(24)25)12-17-6-10-19(28-2)11-7-17/h4-11,20-21H,3,12-15H2,1-2H3. The fourth-order valence-corrected chi connectivity index (χ4v) is 6.31. The van der Waals surface area contributed by atoms with Gasteiger partial charge < -0.3 is 9.64 Å². The lowest BCUT2D eigenvalue weighted by Gasteiger charge is -2.43. The highest BCUT2D eigenvalue weighted by Crippen LogP contribution is 2.32. The molecule has 2 saturated heterocycles. The normalized spacial score (nSPS) is 23.8. The van der Waals surface area contributed by atoms with Crippen molar-refractivity contribution in [1.29, 1.82) is 0 Å². The van der Waals surface area contributed by atoms with Gasteiger partial charge in [-0.25, -0.2) is 8.42 Å². The van der Waals surface area contributed by atoms with E-state index in [0.717, 1.165) is 23.4 Å². The molecule has 2 atom stereocenters. The number of aryl methyl sites for hydroxylation is 1. The highest BCUT2D eigenvalue weighted by atomic mass is 32.2. The molecular weight excluding hydrogens is 388 g/mol. The Bertz CT molecular complexity index is 986. The number of amides is 1. The fraction of sp³-hybridized carbons (Fsp3) is 0.409. The molecule has 0 N–H and O–H groups in total. The molecular formula is C22H26N2O4S. The third-order valence-electron chi connectivity index (χ3n) is 5.87. The van der Waals surface area contributed by atoms with E-state index in [1.54, 1.807) is 12.0 Å². The van der Waals surface area contributed by atoms with E-state index in [0.29, 0.717) is 6.54 Å². The lowest BCUT2D eigenvalue weighted by Crippen LogP contribution is -2.61. The van der Waals surface area contributed by atoms with Crippen LogP contribution in [0.5, 0.6) is 5.75 Å². The zero-order valence-corrected chi connectivity index (χ0v) is 17.6. The molecule has 4 rings (SSSR count). The van der Waals surface area contributed by atoms with E-state index in [1.165, 1.54) is 5.56 Å². The second-order valence-corrected chi connectivity index (χ2v) is 9.90. The van der Waals surface area contributed by atoms with Crippen LogP contribution in [-0.2, 0) is 27.6 Å². The van der Waals surface area contributed by atoms with Crippen LogP contribution in [0.1, 0.15) is 18.1 Å². The van der Waals surface area contributed by atoms with Crippen LogP contribution in [0.15, 0.2) is 48.5 Å². The van der Waals surface area contributed by atoms with Crippen LogP contribution < -0.4 is 9.64 Å². The van der Waals surface area contributed by atoms with Gasteiger partial charge in [-0.15, -0.1) is 0 Å². The molecule has 154 valence electrons. The first-order valence-electron chi connectivity index (χ1n) is 9.88. The van der Waals surface area contributed by atoms with Crippen molar-refractivity contribution in [2.75, 3.05) is 30.1 Å². The molecule has 0 saturated carbocycles. The Morgan fingerprint density at radius 1 is 0.966 bits per heavy atom. The number of benzene rings is 2. The van der Waals surface area contributed by atoms with E-state index < -0.39 is 9.84 Å². The molecule has 2 aromatic rings. The monoisotopic (exact) mass is 414 g/mol. The number of rotatable bonds is 5. The lowest BCUT2D eigenvalue weighted by atomic mass is 10.0. The molecule has 2 heterocycles. The predicted octanol–water partition coefficient (Wildman–Crippen LogP) is 2.27. The Labute approximate surface area is 172 Å². The highest BCUT2D eigenvalue weighted by molar-refractivity contribution is 7.91. The summed E-state index contributed by atoms with van der Waals surface area (Å²) in [6.07, 6.45) is 0.921. The number of sulfone groups is 1. The van der Waals surface area contributed by atoms with Crippen molar-refractivity contribution < 1.29 is 17.9 Å². The van der Waals surface area contributed by atoms with Gasteiger partial charge in [-0.05, 0) is 41.8 Å². The number of hydrogen-bond donors (Lipinski definition) is 0. The van der Waals surface area contributed by atoms with Crippen LogP contribution in [0.4, 0.5) is 5.69 Å². The van der Waals surface area contributed by atoms with Gasteiger partial charge >= 0.3 is 0 Å². The van der Waals surface area contributed by atoms with Crippen LogP contribution in [-0.4, -0.2) is 56.5 Å². The molecule has 0 spiro atoms.